The Balaban J connectivity index is 0.00000131. The predicted octanol–water partition coefficient (Wildman–Crippen LogP) is 3.42. The van der Waals surface area contributed by atoms with Crippen LogP contribution >= 0.6 is 37.2 Å². The molecule has 160 valence electrons. The smallest absolute Gasteiger partial charge is 0.238 e. The molecule has 0 radical (unpaired) electrons. The van der Waals surface area contributed by atoms with E-state index in [-0.39, 0.29) is 43.1 Å². The van der Waals surface area contributed by atoms with E-state index >= 15 is 0 Å². The van der Waals surface area contributed by atoms with Gasteiger partial charge in [-0.05, 0) is 62.3 Å². The van der Waals surface area contributed by atoms with Gasteiger partial charge in [0.05, 0.1) is 6.54 Å². The number of amides is 1. The molecule has 5 nitrogen and oxygen atoms in total. The van der Waals surface area contributed by atoms with Gasteiger partial charge in [0.25, 0.3) is 0 Å². The summed E-state index contributed by atoms with van der Waals surface area (Å²) in [6.07, 6.45) is 5.48. The van der Waals surface area contributed by atoms with Crippen molar-refractivity contribution in [2.75, 3.05) is 56.0 Å². The maximum atomic E-state index is 12.1. The topological polar surface area (TPSA) is 47.6 Å². The summed E-state index contributed by atoms with van der Waals surface area (Å²) < 4.78 is 0. The fourth-order valence-corrected chi connectivity index (χ4v) is 3.55. The predicted molar refractivity (Wildman–Crippen MR) is 124 cm³/mol. The Bertz CT molecular complexity index is 603. The second-order valence-electron chi connectivity index (χ2n) is 7.90. The summed E-state index contributed by atoms with van der Waals surface area (Å²) >= 11 is 0. The zero-order valence-electron chi connectivity index (χ0n) is 16.3. The Hall–Kier alpha value is -0.720. The fraction of sp³-hybridized carbons (Fsp3) is 0.650. The van der Waals surface area contributed by atoms with E-state index < -0.39 is 0 Å². The Morgan fingerprint density at radius 2 is 1.64 bits per heavy atom. The highest BCUT2D eigenvalue weighted by molar-refractivity contribution is 5.92. The molecule has 2 saturated carbocycles. The summed E-state index contributed by atoms with van der Waals surface area (Å²) in [4.78, 5) is 17.1. The number of rotatable bonds is 8. The molecule has 1 aromatic carbocycles. The van der Waals surface area contributed by atoms with Crippen LogP contribution in [0.25, 0.3) is 0 Å². The molecule has 0 bridgehead atoms. The molecule has 4 rings (SSSR count). The molecule has 1 amide bonds. The molecule has 0 aromatic heterocycles. The lowest BCUT2D eigenvalue weighted by Crippen LogP contribution is -2.47. The molecular formula is C20H33Cl3N4O. The van der Waals surface area contributed by atoms with Crippen molar-refractivity contribution in [1.29, 1.82) is 0 Å². The van der Waals surface area contributed by atoms with Crippen LogP contribution in [0.3, 0.4) is 0 Å². The third-order valence-electron chi connectivity index (χ3n) is 5.50. The van der Waals surface area contributed by atoms with Gasteiger partial charge in [0.2, 0.25) is 5.91 Å². The summed E-state index contributed by atoms with van der Waals surface area (Å²) in [6.45, 7) is 7.12. The van der Waals surface area contributed by atoms with E-state index in [1.165, 1.54) is 37.9 Å². The van der Waals surface area contributed by atoms with Crippen molar-refractivity contribution in [2.24, 2.45) is 11.8 Å². The zero-order valence-corrected chi connectivity index (χ0v) is 18.7. The van der Waals surface area contributed by atoms with Gasteiger partial charge in [-0.25, -0.2) is 0 Å². The molecule has 0 unspecified atom stereocenters. The fourth-order valence-electron chi connectivity index (χ4n) is 3.55. The highest BCUT2D eigenvalue weighted by atomic mass is 35.5. The van der Waals surface area contributed by atoms with Gasteiger partial charge in [-0.1, -0.05) is 6.07 Å². The summed E-state index contributed by atoms with van der Waals surface area (Å²) in [5.74, 6) is 1.82. The molecule has 1 heterocycles. The maximum Gasteiger partial charge on any atom is 0.238 e. The monoisotopic (exact) mass is 450 g/mol. The van der Waals surface area contributed by atoms with Crippen LogP contribution in [0.5, 0.6) is 0 Å². The Labute approximate surface area is 187 Å². The number of nitrogens with zero attached hydrogens (tertiary/aromatic N) is 2. The van der Waals surface area contributed by atoms with Crippen LogP contribution in [0.2, 0.25) is 0 Å². The van der Waals surface area contributed by atoms with Gasteiger partial charge in [-0.3, -0.25) is 9.69 Å². The molecule has 2 N–H and O–H groups in total. The third-order valence-corrected chi connectivity index (χ3v) is 5.50. The molecule has 1 aliphatic heterocycles. The summed E-state index contributed by atoms with van der Waals surface area (Å²) in [5.41, 5.74) is 2.12. The number of carbonyl (C=O) groups excluding carboxylic acids is 1. The molecule has 1 saturated heterocycles. The van der Waals surface area contributed by atoms with Crippen LogP contribution in [0.15, 0.2) is 24.3 Å². The third kappa shape index (κ3) is 7.96. The molecule has 1 aromatic rings. The first-order valence-electron chi connectivity index (χ1n) is 9.84. The van der Waals surface area contributed by atoms with E-state index in [1.807, 2.05) is 12.1 Å². The van der Waals surface area contributed by atoms with Crippen LogP contribution in [-0.2, 0) is 4.79 Å². The zero-order chi connectivity index (χ0) is 17.1. The summed E-state index contributed by atoms with van der Waals surface area (Å²) in [7, 11) is 0. The first-order chi connectivity index (χ1) is 12.3. The van der Waals surface area contributed by atoms with E-state index in [4.69, 9.17) is 0 Å². The van der Waals surface area contributed by atoms with Crippen LogP contribution in [0.1, 0.15) is 25.7 Å². The number of piperazine rings is 1. The van der Waals surface area contributed by atoms with Crippen molar-refractivity contribution < 1.29 is 4.79 Å². The van der Waals surface area contributed by atoms with Gasteiger partial charge in [0.1, 0.15) is 0 Å². The van der Waals surface area contributed by atoms with Gasteiger partial charge in [0, 0.05) is 44.1 Å². The van der Waals surface area contributed by atoms with E-state index in [1.54, 1.807) is 0 Å². The number of carbonyl (C=O) groups is 1. The van der Waals surface area contributed by atoms with Gasteiger partial charge in [-0.2, -0.15) is 0 Å². The molecule has 0 spiro atoms. The second kappa shape index (κ2) is 12.1. The van der Waals surface area contributed by atoms with Crippen LogP contribution in [0, 0.1) is 11.8 Å². The number of nitrogens with one attached hydrogen (secondary N) is 2. The highest BCUT2D eigenvalue weighted by Gasteiger charge is 2.26. The minimum Gasteiger partial charge on any atom is -0.369 e. The van der Waals surface area contributed by atoms with Crippen LogP contribution < -0.4 is 15.5 Å². The second-order valence-corrected chi connectivity index (χ2v) is 7.90. The van der Waals surface area contributed by atoms with Crippen molar-refractivity contribution >= 4 is 54.5 Å². The largest absolute Gasteiger partial charge is 0.369 e. The molecule has 0 atom stereocenters. The number of hydrogen-bond donors (Lipinski definition) is 2. The highest BCUT2D eigenvalue weighted by Crippen LogP contribution is 2.30. The first-order valence-corrected chi connectivity index (χ1v) is 9.84. The maximum absolute atomic E-state index is 12.1. The lowest BCUT2D eigenvalue weighted by Gasteiger charge is -2.36. The van der Waals surface area contributed by atoms with E-state index in [0.29, 0.717) is 6.54 Å². The van der Waals surface area contributed by atoms with Gasteiger partial charge in [-0.15, -0.1) is 37.2 Å². The van der Waals surface area contributed by atoms with E-state index in [2.05, 4.69) is 32.6 Å². The van der Waals surface area contributed by atoms with Crippen molar-refractivity contribution in [2.45, 2.75) is 25.7 Å². The van der Waals surface area contributed by atoms with E-state index in [0.717, 1.165) is 50.2 Å². The summed E-state index contributed by atoms with van der Waals surface area (Å²) in [6, 6.07) is 8.28. The quantitative estimate of drug-likeness (QED) is 0.636. The van der Waals surface area contributed by atoms with Gasteiger partial charge in [0.15, 0.2) is 0 Å². The minimum atomic E-state index is 0. The molecule has 8 heteroatoms. The first kappa shape index (κ1) is 25.3. The van der Waals surface area contributed by atoms with Crippen molar-refractivity contribution in [3.8, 4) is 0 Å². The van der Waals surface area contributed by atoms with Gasteiger partial charge < -0.3 is 15.5 Å². The minimum absolute atomic E-state index is 0. The number of anilines is 2. The summed E-state index contributed by atoms with van der Waals surface area (Å²) in [5, 5.41) is 6.26. The van der Waals surface area contributed by atoms with Crippen LogP contribution in [-0.4, -0.2) is 56.6 Å². The van der Waals surface area contributed by atoms with E-state index in [9.17, 15) is 4.79 Å². The van der Waals surface area contributed by atoms with Crippen molar-refractivity contribution in [1.82, 2.24) is 10.2 Å². The number of halogens is 3. The van der Waals surface area contributed by atoms with Crippen molar-refractivity contribution in [3.05, 3.63) is 24.3 Å². The SMILES string of the molecule is Cl.Cl.Cl.O=C(CNCC1CC1)Nc1cccc(N2CCN(CC3CC3)CC2)c1. The standard InChI is InChI=1S/C20H30N4O.3ClH/c25-20(14-21-13-16-4-5-16)22-18-2-1-3-19(12-18)24-10-8-23(9-11-24)15-17-6-7-17;;;/h1-3,12,16-17,21H,4-11,13-15H2,(H,22,25);3*1H. The number of hydrogen-bond acceptors (Lipinski definition) is 4. The van der Waals surface area contributed by atoms with Crippen molar-refractivity contribution in [3.63, 3.8) is 0 Å². The normalized spacial score (nSPS) is 19.1. The Morgan fingerprint density at radius 1 is 0.964 bits per heavy atom. The van der Waals surface area contributed by atoms with Gasteiger partial charge >= 0.3 is 0 Å². The molecule has 3 fully saturated rings. The lowest BCUT2D eigenvalue weighted by atomic mass is 10.2. The average Bonchev–Trinajstić information content (AvgIpc) is 3.52. The number of benzene rings is 1. The Morgan fingerprint density at radius 3 is 2.29 bits per heavy atom. The average molecular weight is 452 g/mol. The lowest BCUT2D eigenvalue weighted by molar-refractivity contribution is -0.115. The molecule has 2 aliphatic carbocycles. The molecular weight excluding hydrogens is 419 g/mol. The molecule has 28 heavy (non-hydrogen) atoms. The van der Waals surface area contributed by atoms with Crippen LogP contribution in [0.4, 0.5) is 11.4 Å². The Kier molecular flexibility index (Phi) is 10.9. The molecule has 3 aliphatic rings.